The van der Waals surface area contributed by atoms with Crippen molar-refractivity contribution in [2.45, 2.75) is 27.7 Å². The molecule has 1 N–H and O–H groups in total. The van der Waals surface area contributed by atoms with Crippen molar-refractivity contribution in [3.8, 4) is 11.3 Å². The van der Waals surface area contributed by atoms with Gasteiger partial charge in [-0.3, -0.25) is 4.79 Å². The van der Waals surface area contributed by atoms with Crippen molar-refractivity contribution >= 4 is 17.2 Å². The molecule has 118 valence electrons. The van der Waals surface area contributed by atoms with E-state index < -0.39 is 5.41 Å². The summed E-state index contributed by atoms with van der Waals surface area (Å²) < 4.78 is 2.02. The topological polar surface area (TPSA) is 46.4 Å². The number of carbonyl (C=O) groups excluding carboxylic acids is 1. The molecule has 0 aliphatic heterocycles. The van der Waals surface area contributed by atoms with E-state index in [4.69, 9.17) is 0 Å². The van der Waals surface area contributed by atoms with E-state index in [-0.39, 0.29) is 5.91 Å². The fourth-order valence-electron chi connectivity index (χ4n) is 2.32. The number of hydrogen-bond acceptors (Lipinski definition) is 2. The number of pyridine rings is 1. The molecule has 0 fully saturated rings. The second kappa shape index (κ2) is 5.54. The first-order chi connectivity index (χ1) is 10.8. The highest BCUT2D eigenvalue weighted by Crippen LogP contribution is 2.24. The van der Waals surface area contributed by atoms with Crippen molar-refractivity contribution < 1.29 is 4.79 Å². The van der Waals surface area contributed by atoms with Crippen molar-refractivity contribution in [3.63, 3.8) is 0 Å². The first-order valence-electron chi connectivity index (χ1n) is 7.70. The predicted octanol–water partition coefficient (Wildman–Crippen LogP) is 4.29. The summed E-state index contributed by atoms with van der Waals surface area (Å²) in [7, 11) is 0. The van der Waals surface area contributed by atoms with Crippen LogP contribution in [0.15, 0.2) is 48.8 Å². The SMILES string of the molecule is Cc1ccc2nc(-c3cccc(NC(=O)C(C)(C)C)c3)cn2c1. The average Bonchev–Trinajstić information content (AvgIpc) is 2.89. The maximum Gasteiger partial charge on any atom is 0.229 e. The van der Waals surface area contributed by atoms with Crippen molar-refractivity contribution in [2.24, 2.45) is 5.41 Å². The molecule has 0 bridgehead atoms. The van der Waals surface area contributed by atoms with Crippen LogP contribution in [0.1, 0.15) is 26.3 Å². The van der Waals surface area contributed by atoms with E-state index in [1.807, 2.05) is 67.8 Å². The lowest BCUT2D eigenvalue weighted by molar-refractivity contribution is -0.123. The van der Waals surface area contributed by atoms with Crippen LogP contribution in [0.3, 0.4) is 0 Å². The number of anilines is 1. The number of nitrogens with one attached hydrogen (secondary N) is 1. The van der Waals surface area contributed by atoms with Crippen LogP contribution in [0.2, 0.25) is 0 Å². The molecule has 3 rings (SSSR count). The van der Waals surface area contributed by atoms with Gasteiger partial charge in [0.1, 0.15) is 5.65 Å². The maximum absolute atomic E-state index is 12.1. The molecule has 0 spiro atoms. The molecule has 0 atom stereocenters. The number of hydrogen-bond donors (Lipinski definition) is 1. The third kappa shape index (κ3) is 3.26. The van der Waals surface area contributed by atoms with Gasteiger partial charge in [-0.25, -0.2) is 4.98 Å². The zero-order chi connectivity index (χ0) is 16.6. The number of rotatable bonds is 2. The van der Waals surface area contributed by atoms with Crippen LogP contribution in [-0.2, 0) is 4.79 Å². The highest BCUT2D eigenvalue weighted by molar-refractivity contribution is 5.95. The maximum atomic E-state index is 12.1. The zero-order valence-electron chi connectivity index (χ0n) is 13.9. The molecule has 1 amide bonds. The van der Waals surface area contributed by atoms with Gasteiger partial charge in [0, 0.05) is 29.1 Å². The van der Waals surface area contributed by atoms with Gasteiger partial charge in [-0.05, 0) is 30.7 Å². The molecule has 0 aliphatic rings. The smallest absolute Gasteiger partial charge is 0.229 e. The molecule has 0 saturated heterocycles. The number of nitrogens with zero attached hydrogens (tertiary/aromatic N) is 2. The summed E-state index contributed by atoms with van der Waals surface area (Å²) in [5.74, 6) is 0.000256. The van der Waals surface area contributed by atoms with Crippen LogP contribution in [0, 0.1) is 12.3 Å². The van der Waals surface area contributed by atoms with Crippen molar-refractivity contribution in [2.75, 3.05) is 5.32 Å². The Bertz CT molecular complexity index is 872. The van der Waals surface area contributed by atoms with Gasteiger partial charge < -0.3 is 9.72 Å². The molecule has 2 heterocycles. The summed E-state index contributed by atoms with van der Waals surface area (Å²) >= 11 is 0. The highest BCUT2D eigenvalue weighted by Gasteiger charge is 2.21. The van der Waals surface area contributed by atoms with Gasteiger partial charge in [-0.1, -0.05) is 39.0 Å². The summed E-state index contributed by atoms with van der Waals surface area (Å²) in [6.45, 7) is 7.76. The number of imidazole rings is 1. The molecule has 23 heavy (non-hydrogen) atoms. The van der Waals surface area contributed by atoms with Gasteiger partial charge in [-0.2, -0.15) is 0 Å². The lowest BCUT2D eigenvalue weighted by atomic mass is 9.95. The predicted molar refractivity (Wildman–Crippen MR) is 93.4 cm³/mol. The van der Waals surface area contributed by atoms with Crippen molar-refractivity contribution in [1.29, 1.82) is 0 Å². The standard InChI is InChI=1S/C19H21N3O/c1-13-8-9-17-21-16(12-22(17)11-13)14-6-5-7-15(10-14)20-18(23)19(2,3)4/h5-12H,1-4H3,(H,20,23). The Kier molecular flexibility index (Phi) is 3.68. The van der Waals surface area contributed by atoms with E-state index in [2.05, 4.69) is 23.4 Å². The van der Waals surface area contributed by atoms with E-state index in [0.717, 1.165) is 22.6 Å². The summed E-state index contributed by atoms with van der Waals surface area (Å²) in [6.07, 6.45) is 4.06. The quantitative estimate of drug-likeness (QED) is 0.767. The van der Waals surface area contributed by atoms with E-state index in [0.29, 0.717) is 0 Å². The third-order valence-corrected chi connectivity index (χ3v) is 3.70. The molecule has 3 aromatic rings. The Morgan fingerprint density at radius 3 is 2.65 bits per heavy atom. The Morgan fingerprint density at radius 1 is 1.13 bits per heavy atom. The minimum Gasteiger partial charge on any atom is -0.326 e. The monoisotopic (exact) mass is 307 g/mol. The summed E-state index contributed by atoms with van der Waals surface area (Å²) in [5, 5.41) is 2.96. The van der Waals surface area contributed by atoms with Gasteiger partial charge >= 0.3 is 0 Å². The molecule has 0 saturated carbocycles. The van der Waals surface area contributed by atoms with E-state index in [9.17, 15) is 4.79 Å². The van der Waals surface area contributed by atoms with Gasteiger partial charge in [0.2, 0.25) is 5.91 Å². The van der Waals surface area contributed by atoms with Crippen LogP contribution in [0.25, 0.3) is 16.9 Å². The van der Waals surface area contributed by atoms with Gasteiger partial charge in [-0.15, -0.1) is 0 Å². The molecule has 0 aliphatic carbocycles. The lowest BCUT2D eigenvalue weighted by Crippen LogP contribution is -2.27. The number of benzene rings is 1. The van der Waals surface area contributed by atoms with E-state index >= 15 is 0 Å². The minimum atomic E-state index is -0.420. The summed E-state index contributed by atoms with van der Waals surface area (Å²) in [5.41, 5.74) is 4.34. The first kappa shape index (κ1) is 15.3. The average molecular weight is 307 g/mol. The first-order valence-corrected chi connectivity index (χ1v) is 7.70. The number of aromatic nitrogens is 2. The third-order valence-electron chi connectivity index (χ3n) is 3.70. The van der Waals surface area contributed by atoms with Crippen LogP contribution in [0.5, 0.6) is 0 Å². The second-order valence-electron chi connectivity index (χ2n) is 6.88. The van der Waals surface area contributed by atoms with Crippen LogP contribution < -0.4 is 5.32 Å². The molecule has 0 radical (unpaired) electrons. The summed E-state index contributed by atoms with van der Waals surface area (Å²) in [4.78, 5) is 16.8. The number of aryl methyl sites for hydroxylation is 1. The molecule has 0 unspecified atom stereocenters. The Labute approximate surface area is 136 Å². The van der Waals surface area contributed by atoms with Crippen molar-refractivity contribution in [1.82, 2.24) is 9.38 Å². The minimum absolute atomic E-state index is 0.000256. The summed E-state index contributed by atoms with van der Waals surface area (Å²) in [6, 6.07) is 11.8. The normalized spacial score (nSPS) is 11.7. The highest BCUT2D eigenvalue weighted by atomic mass is 16.2. The van der Waals surface area contributed by atoms with Gasteiger partial charge in [0.15, 0.2) is 0 Å². The zero-order valence-corrected chi connectivity index (χ0v) is 13.9. The number of carbonyl (C=O) groups is 1. The molecular weight excluding hydrogens is 286 g/mol. The Morgan fingerprint density at radius 2 is 1.91 bits per heavy atom. The van der Waals surface area contributed by atoms with Crippen LogP contribution in [-0.4, -0.2) is 15.3 Å². The Balaban J connectivity index is 1.93. The molecular formula is C19H21N3O. The molecule has 4 heteroatoms. The van der Waals surface area contributed by atoms with Crippen molar-refractivity contribution in [3.05, 3.63) is 54.4 Å². The second-order valence-corrected chi connectivity index (χ2v) is 6.88. The largest absolute Gasteiger partial charge is 0.326 e. The Hall–Kier alpha value is -2.62. The van der Waals surface area contributed by atoms with Gasteiger partial charge in [0.05, 0.1) is 5.69 Å². The van der Waals surface area contributed by atoms with Crippen LogP contribution >= 0.6 is 0 Å². The number of amides is 1. The molecule has 1 aromatic carbocycles. The van der Waals surface area contributed by atoms with Gasteiger partial charge in [0.25, 0.3) is 0 Å². The fourth-order valence-corrected chi connectivity index (χ4v) is 2.32. The van der Waals surface area contributed by atoms with Crippen LogP contribution in [0.4, 0.5) is 5.69 Å². The molecule has 2 aromatic heterocycles. The van der Waals surface area contributed by atoms with E-state index in [1.165, 1.54) is 5.56 Å². The molecule has 4 nitrogen and oxygen atoms in total. The number of fused-ring (bicyclic) bond motifs is 1. The fraction of sp³-hybridized carbons (Fsp3) is 0.263. The lowest BCUT2D eigenvalue weighted by Gasteiger charge is -2.17. The van der Waals surface area contributed by atoms with E-state index in [1.54, 1.807) is 0 Å².